The van der Waals surface area contributed by atoms with Crippen LogP contribution in [0.15, 0.2) is 29.4 Å². The molecular formula is C10H12N2. The third-order valence-corrected chi connectivity index (χ3v) is 2.19. The van der Waals surface area contributed by atoms with Crippen LogP contribution in [0, 0.1) is 0 Å². The molecule has 0 bridgehead atoms. The van der Waals surface area contributed by atoms with Crippen molar-refractivity contribution in [2.45, 2.75) is 19.3 Å². The lowest BCUT2D eigenvalue weighted by Gasteiger charge is -2.26. The summed E-state index contributed by atoms with van der Waals surface area (Å²) in [5.41, 5.74) is 5.47. The van der Waals surface area contributed by atoms with Gasteiger partial charge in [-0.1, -0.05) is 32.0 Å². The van der Waals surface area contributed by atoms with Gasteiger partial charge in [0, 0.05) is 11.6 Å². The zero-order valence-electron chi connectivity index (χ0n) is 7.33. The normalized spacial score (nSPS) is 18.2. The molecule has 0 aliphatic carbocycles. The Labute approximate surface area is 72.3 Å². The van der Waals surface area contributed by atoms with Crippen LogP contribution in [0.1, 0.15) is 19.4 Å². The average molecular weight is 160 g/mol. The predicted octanol–water partition coefficient (Wildman–Crippen LogP) is 2.38. The third kappa shape index (κ3) is 0.998. The van der Waals surface area contributed by atoms with Gasteiger partial charge in [-0.3, -0.25) is 5.43 Å². The molecule has 1 aromatic rings. The smallest absolute Gasteiger partial charge is 0.0602 e. The molecule has 1 aliphatic rings. The molecule has 0 atom stereocenters. The topological polar surface area (TPSA) is 24.4 Å². The zero-order chi connectivity index (χ0) is 8.60. The number of nitrogens with zero attached hydrogens (tertiary/aromatic N) is 1. The van der Waals surface area contributed by atoms with E-state index in [9.17, 15) is 0 Å². The van der Waals surface area contributed by atoms with Gasteiger partial charge in [0.1, 0.15) is 0 Å². The molecule has 1 N–H and O–H groups in total. The van der Waals surface area contributed by atoms with E-state index in [0.717, 1.165) is 5.69 Å². The molecule has 0 amide bonds. The number of hydrogen-bond donors (Lipinski definition) is 1. The fraction of sp³-hybridized carbons (Fsp3) is 0.300. The van der Waals surface area contributed by atoms with Gasteiger partial charge in [-0.2, -0.15) is 5.10 Å². The summed E-state index contributed by atoms with van der Waals surface area (Å²) in [5, 5.41) is 4.10. The van der Waals surface area contributed by atoms with Crippen molar-refractivity contribution < 1.29 is 0 Å². The van der Waals surface area contributed by atoms with Crippen LogP contribution in [0.3, 0.4) is 0 Å². The van der Waals surface area contributed by atoms with E-state index < -0.39 is 0 Å². The van der Waals surface area contributed by atoms with Crippen molar-refractivity contribution >= 4 is 11.9 Å². The molecule has 0 unspecified atom stereocenters. The van der Waals surface area contributed by atoms with E-state index in [4.69, 9.17) is 0 Å². The summed E-state index contributed by atoms with van der Waals surface area (Å²) in [6, 6.07) is 8.26. The van der Waals surface area contributed by atoms with Crippen molar-refractivity contribution in [3.63, 3.8) is 0 Å². The van der Waals surface area contributed by atoms with E-state index in [1.165, 1.54) is 5.56 Å². The molecular weight excluding hydrogens is 148 g/mol. The van der Waals surface area contributed by atoms with Gasteiger partial charge in [0.15, 0.2) is 0 Å². The molecule has 0 radical (unpaired) electrons. The van der Waals surface area contributed by atoms with E-state index in [1.807, 2.05) is 18.3 Å². The second-order valence-electron chi connectivity index (χ2n) is 3.64. The van der Waals surface area contributed by atoms with Crippen LogP contribution >= 0.6 is 0 Å². The summed E-state index contributed by atoms with van der Waals surface area (Å²) in [5.74, 6) is 0. The maximum Gasteiger partial charge on any atom is 0.0602 e. The van der Waals surface area contributed by atoms with E-state index in [2.05, 4.69) is 36.5 Å². The second kappa shape index (κ2) is 2.34. The highest BCUT2D eigenvalue weighted by Gasteiger charge is 2.23. The SMILES string of the molecule is CC1(C)C=NNc2ccccc21. The van der Waals surface area contributed by atoms with Crippen molar-refractivity contribution in [1.29, 1.82) is 0 Å². The summed E-state index contributed by atoms with van der Waals surface area (Å²) in [4.78, 5) is 0. The Balaban J connectivity index is 2.58. The number of rotatable bonds is 0. The van der Waals surface area contributed by atoms with E-state index in [-0.39, 0.29) is 5.41 Å². The number of anilines is 1. The molecule has 1 heterocycles. The molecule has 0 aromatic heterocycles. The van der Waals surface area contributed by atoms with Crippen LogP contribution in [-0.4, -0.2) is 6.21 Å². The van der Waals surface area contributed by atoms with Crippen molar-refractivity contribution in [2.24, 2.45) is 5.10 Å². The zero-order valence-corrected chi connectivity index (χ0v) is 7.33. The van der Waals surface area contributed by atoms with Gasteiger partial charge < -0.3 is 0 Å². The van der Waals surface area contributed by atoms with Crippen LogP contribution in [0.4, 0.5) is 5.69 Å². The molecule has 0 saturated carbocycles. The molecule has 62 valence electrons. The summed E-state index contributed by atoms with van der Waals surface area (Å²) in [7, 11) is 0. The van der Waals surface area contributed by atoms with Crippen LogP contribution in [0.5, 0.6) is 0 Å². The maximum atomic E-state index is 4.10. The van der Waals surface area contributed by atoms with Gasteiger partial charge in [0.25, 0.3) is 0 Å². The van der Waals surface area contributed by atoms with E-state index in [0.29, 0.717) is 0 Å². The summed E-state index contributed by atoms with van der Waals surface area (Å²) >= 11 is 0. The highest BCUT2D eigenvalue weighted by atomic mass is 15.3. The number of hydrogen-bond acceptors (Lipinski definition) is 2. The van der Waals surface area contributed by atoms with E-state index >= 15 is 0 Å². The number of nitrogens with one attached hydrogen (secondary N) is 1. The van der Waals surface area contributed by atoms with Crippen molar-refractivity contribution in [1.82, 2.24) is 0 Å². The van der Waals surface area contributed by atoms with E-state index in [1.54, 1.807) is 0 Å². The minimum atomic E-state index is 0.0574. The van der Waals surface area contributed by atoms with Gasteiger partial charge in [-0.25, -0.2) is 0 Å². The highest BCUT2D eigenvalue weighted by molar-refractivity contribution is 5.80. The fourth-order valence-corrected chi connectivity index (χ4v) is 1.48. The molecule has 12 heavy (non-hydrogen) atoms. The van der Waals surface area contributed by atoms with Crippen molar-refractivity contribution in [3.8, 4) is 0 Å². The van der Waals surface area contributed by atoms with Crippen LogP contribution in [0.2, 0.25) is 0 Å². The quantitative estimate of drug-likeness (QED) is 0.619. The molecule has 2 rings (SSSR count). The Hall–Kier alpha value is -1.31. The number of hydrazone groups is 1. The first kappa shape index (κ1) is 7.35. The average Bonchev–Trinajstić information content (AvgIpc) is 2.04. The van der Waals surface area contributed by atoms with Crippen LogP contribution in [-0.2, 0) is 5.41 Å². The van der Waals surface area contributed by atoms with Gasteiger partial charge in [-0.05, 0) is 11.6 Å². The first-order chi connectivity index (χ1) is 5.70. The Morgan fingerprint density at radius 1 is 1.25 bits per heavy atom. The first-order valence-corrected chi connectivity index (χ1v) is 4.10. The Morgan fingerprint density at radius 3 is 2.75 bits per heavy atom. The van der Waals surface area contributed by atoms with Gasteiger partial charge in [0.05, 0.1) is 5.69 Å². The molecule has 1 aromatic carbocycles. The summed E-state index contributed by atoms with van der Waals surface area (Å²) in [6.07, 6.45) is 1.94. The lowest BCUT2D eigenvalue weighted by atomic mass is 9.84. The Kier molecular flexibility index (Phi) is 1.43. The standard InChI is InChI=1S/C10H12N2/c1-10(2)7-11-12-9-6-4-3-5-8(9)10/h3-7,12H,1-2H3. The molecule has 2 heteroatoms. The Bertz CT molecular complexity index is 326. The number of fused-ring (bicyclic) bond motifs is 1. The number of para-hydroxylation sites is 1. The molecule has 0 fully saturated rings. The van der Waals surface area contributed by atoms with Crippen LogP contribution < -0.4 is 5.43 Å². The predicted molar refractivity (Wildman–Crippen MR) is 51.6 cm³/mol. The molecule has 1 aliphatic heterocycles. The minimum absolute atomic E-state index is 0.0574. The third-order valence-electron chi connectivity index (χ3n) is 2.19. The lowest BCUT2D eigenvalue weighted by Crippen LogP contribution is -2.24. The van der Waals surface area contributed by atoms with Gasteiger partial charge >= 0.3 is 0 Å². The van der Waals surface area contributed by atoms with Gasteiger partial charge in [0.2, 0.25) is 0 Å². The monoisotopic (exact) mass is 160 g/mol. The second-order valence-corrected chi connectivity index (χ2v) is 3.64. The lowest BCUT2D eigenvalue weighted by molar-refractivity contribution is 0.725. The van der Waals surface area contributed by atoms with Gasteiger partial charge in [-0.15, -0.1) is 0 Å². The molecule has 0 saturated heterocycles. The van der Waals surface area contributed by atoms with Crippen molar-refractivity contribution in [2.75, 3.05) is 5.43 Å². The summed E-state index contributed by atoms with van der Waals surface area (Å²) in [6.45, 7) is 4.33. The molecule has 2 nitrogen and oxygen atoms in total. The first-order valence-electron chi connectivity index (χ1n) is 4.10. The number of benzene rings is 1. The van der Waals surface area contributed by atoms with Crippen molar-refractivity contribution in [3.05, 3.63) is 29.8 Å². The van der Waals surface area contributed by atoms with Crippen LogP contribution in [0.25, 0.3) is 0 Å². The molecule has 0 spiro atoms. The minimum Gasteiger partial charge on any atom is -0.278 e. The fourth-order valence-electron chi connectivity index (χ4n) is 1.48. The Morgan fingerprint density at radius 2 is 2.00 bits per heavy atom. The maximum absolute atomic E-state index is 4.10. The largest absolute Gasteiger partial charge is 0.278 e. The highest BCUT2D eigenvalue weighted by Crippen LogP contribution is 2.30. The summed E-state index contributed by atoms with van der Waals surface area (Å²) < 4.78 is 0.